The van der Waals surface area contributed by atoms with E-state index in [1.807, 2.05) is 0 Å². The van der Waals surface area contributed by atoms with Crippen LogP contribution in [0.4, 0.5) is 14.5 Å². The number of Topliss-reactive ketones (excluding diaryl/α,β-unsaturated/α-hetero) is 1. The first-order chi connectivity index (χ1) is 15.8. The molecule has 1 atom stereocenters. The molecule has 33 heavy (non-hydrogen) atoms. The van der Waals surface area contributed by atoms with Gasteiger partial charge in [0.25, 0.3) is 5.91 Å². The number of rotatable bonds is 4. The molecule has 0 bridgehead atoms. The molecule has 3 heterocycles. The minimum Gasteiger partial charge on any atom is -0.503 e. The van der Waals surface area contributed by atoms with E-state index in [4.69, 9.17) is 16.0 Å². The average Bonchev–Trinajstić information content (AvgIpc) is 3.34. The van der Waals surface area contributed by atoms with Gasteiger partial charge in [0.15, 0.2) is 11.5 Å². The Morgan fingerprint density at radius 3 is 2.58 bits per heavy atom. The number of aromatic nitrogens is 1. The molecule has 164 valence electrons. The number of carbonyl (C=O) groups is 2. The Bertz CT molecular complexity index is 1470. The highest BCUT2D eigenvalue weighted by molar-refractivity contribution is 6.31. The first-order valence-corrected chi connectivity index (χ1v) is 10.1. The summed E-state index contributed by atoms with van der Waals surface area (Å²) in [5.41, 5.74) is -0.0261. The average molecular weight is 467 g/mol. The van der Waals surface area contributed by atoms with E-state index in [1.165, 1.54) is 30.6 Å². The third kappa shape index (κ3) is 3.44. The largest absolute Gasteiger partial charge is 0.503 e. The standard InChI is InChI=1S/C24H13ClF2N2O4/c25-14-1-4-18-13(9-14)10-19(33-18)22(30)20-21(12-5-7-28-8-6-12)29(24(32)23(20)31)17-11-15(26)2-3-16(17)27/h1-11,21,31H. The van der Waals surface area contributed by atoms with E-state index >= 15 is 0 Å². The van der Waals surface area contributed by atoms with Gasteiger partial charge in [-0.3, -0.25) is 19.5 Å². The van der Waals surface area contributed by atoms with Crippen LogP contribution in [0.2, 0.25) is 5.02 Å². The maximum Gasteiger partial charge on any atom is 0.294 e. The molecular formula is C24H13ClF2N2O4. The van der Waals surface area contributed by atoms with Gasteiger partial charge < -0.3 is 9.52 Å². The number of aliphatic hydroxyl groups excluding tert-OH is 1. The highest BCUT2D eigenvalue weighted by Gasteiger charge is 2.46. The van der Waals surface area contributed by atoms with E-state index < -0.39 is 40.8 Å². The SMILES string of the molecule is O=C(C1=C(O)C(=O)N(c2cc(F)ccc2F)C1c1ccncc1)c1cc2cc(Cl)ccc2o1. The van der Waals surface area contributed by atoms with E-state index in [1.54, 1.807) is 18.2 Å². The van der Waals surface area contributed by atoms with Crippen LogP contribution in [0.15, 0.2) is 82.7 Å². The number of carbonyl (C=O) groups excluding carboxylic acids is 2. The van der Waals surface area contributed by atoms with Crippen LogP contribution in [0.3, 0.4) is 0 Å². The molecule has 0 fully saturated rings. The van der Waals surface area contributed by atoms with Gasteiger partial charge in [-0.15, -0.1) is 0 Å². The zero-order valence-electron chi connectivity index (χ0n) is 16.6. The summed E-state index contributed by atoms with van der Waals surface area (Å²) in [6.07, 6.45) is 2.83. The van der Waals surface area contributed by atoms with Crippen molar-refractivity contribution in [3.05, 3.63) is 106 Å². The molecule has 1 aliphatic heterocycles. The molecule has 0 aliphatic carbocycles. The van der Waals surface area contributed by atoms with Gasteiger partial charge in [-0.1, -0.05) is 11.6 Å². The van der Waals surface area contributed by atoms with Crippen molar-refractivity contribution < 1.29 is 27.9 Å². The molecule has 1 unspecified atom stereocenters. The van der Waals surface area contributed by atoms with E-state index in [0.717, 1.165) is 23.1 Å². The van der Waals surface area contributed by atoms with Gasteiger partial charge in [0.05, 0.1) is 17.3 Å². The molecule has 6 nitrogen and oxygen atoms in total. The summed E-state index contributed by atoms with van der Waals surface area (Å²) in [7, 11) is 0. The Hall–Kier alpha value is -4.04. The van der Waals surface area contributed by atoms with Crippen LogP contribution in [0.25, 0.3) is 11.0 Å². The first-order valence-electron chi connectivity index (χ1n) is 9.70. The lowest BCUT2D eigenvalue weighted by Crippen LogP contribution is -2.32. The molecule has 0 saturated heterocycles. The second-order valence-electron chi connectivity index (χ2n) is 7.34. The Kier molecular flexibility index (Phi) is 4.94. The Morgan fingerprint density at radius 1 is 1.06 bits per heavy atom. The molecule has 0 saturated carbocycles. The van der Waals surface area contributed by atoms with Gasteiger partial charge in [-0.25, -0.2) is 8.78 Å². The monoisotopic (exact) mass is 466 g/mol. The summed E-state index contributed by atoms with van der Waals surface area (Å²) in [5.74, 6) is -4.56. The van der Waals surface area contributed by atoms with Crippen molar-refractivity contribution in [1.82, 2.24) is 4.98 Å². The van der Waals surface area contributed by atoms with Crippen molar-refractivity contribution in [1.29, 1.82) is 0 Å². The fraction of sp³-hybridized carbons (Fsp3) is 0.0417. The summed E-state index contributed by atoms with van der Waals surface area (Å²) in [6.45, 7) is 0. The number of anilines is 1. The van der Waals surface area contributed by atoms with Gasteiger partial charge in [-0.05, 0) is 54.1 Å². The molecular weight excluding hydrogens is 454 g/mol. The lowest BCUT2D eigenvalue weighted by molar-refractivity contribution is -0.117. The van der Waals surface area contributed by atoms with Crippen molar-refractivity contribution in [3.8, 4) is 0 Å². The molecule has 2 aromatic heterocycles. The van der Waals surface area contributed by atoms with Crippen molar-refractivity contribution in [2.24, 2.45) is 0 Å². The number of pyridine rings is 1. The molecule has 2 aromatic carbocycles. The maximum absolute atomic E-state index is 14.7. The van der Waals surface area contributed by atoms with Crippen LogP contribution in [0, 0.1) is 11.6 Å². The van der Waals surface area contributed by atoms with Crippen LogP contribution in [0.1, 0.15) is 22.2 Å². The summed E-state index contributed by atoms with van der Waals surface area (Å²) < 4.78 is 34.2. The second-order valence-corrected chi connectivity index (χ2v) is 7.77. The van der Waals surface area contributed by atoms with Crippen molar-refractivity contribution in [3.63, 3.8) is 0 Å². The van der Waals surface area contributed by atoms with Crippen molar-refractivity contribution in [2.75, 3.05) is 4.90 Å². The van der Waals surface area contributed by atoms with Gasteiger partial charge in [0.2, 0.25) is 5.78 Å². The number of hydrogen-bond donors (Lipinski definition) is 1. The highest BCUT2D eigenvalue weighted by Crippen LogP contribution is 2.43. The van der Waals surface area contributed by atoms with Crippen molar-refractivity contribution in [2.45, 2.75) is 6.04 Å². The van der Waals surface area contributed by atoms with Crippen LogP contribution in [0.5, 0.6) is 0 Å². The molecule has 0 radical (unpaired) electrons. The summed E-state index contributed by atoms with van der Waals surface area (Å²) in [4.78, 5) is 31.3. The Balaban J connectivity index is 1.68. The summed E-state index contributed by atoms with van der Waals surface area (Å²) >= 11 is 6.00. The fourth-order valence-corrected chi connectivity index (χ4v) is 4.06. The number of nitrogens with zero attached hydrogens (tertiary/aromatic N) is 2. The fourth-order valence-electron chi connectivity index (χ4n) is 3.88. The van der Waals surface area contributed by atoms with Gasteiger partial charge in [-0.2, -0.15) is 0 Å². The minimum absolute atomic E-state index is 0.151. The van der Waals surface area contributed by atoms with E-state index in [9.17, 15) is 23.5 Å². The molecule has 4 aromatic rings. The second kappa shape index (κ2) is 7.83. The van der Waals surface area contributed by atoms with Crippen molar-refractivity contribution >= 4 is 39.9 Å². The topological polar surface area (TPSA) is 83.6 Å². The summed E-state index contributed by atoms with van der Waals surface area (Å²) in [5, 5.41) is 11.7. The number of halogens is 3. The predicted molar refractivity (Wildman–Crippen MR) is 116 cm³/mol. The zero-order chi connectivity index (χ0) is 23.3. The quantitative estimate of drug-likeness (QED) is 0.399. The molecule has 9 heteroatoms. The number of furan rings is 1. The Labute approximate surface area is 190 Å². The third-order valence-electron chi connectivity index (χ3n) is 5.34. The zero-order valence-corrected chi connectivity index (χ0v) is 17.4. The summed E-state index contributed by atoms with van der Waals surface area (Å²) in [6, 6.07) is 10.6. The number of hydrogen-bond acceptors (Lipinski definition) is 5. The normalized spacial score (nSPS) is 16.2. The number of ketones is 1. The molecule has 5 rings (SSSR count). The molecule has 0 spiro atoms. The maximum atomic E-state index is 14.7. The van der Waals surface area contributed by atoms with Crippen LogP contribution < -0.4 is 4.90 Å². The molecule has 1 N–H and O–H groups in total. The lowest BCUT2D eigenvalue weighted by atomic mass is 9.95. The number of fused-ring (bicyclic) bond motifs is 1. The number of amides is 1. The Morgan fingerprint density at radius 2 is 1.82 bits per heavy atom. The van der Waals surface area contributed by atoms with Crippen LogP contribution in [-0.2, 0) is 4.79 Å². The molecule has 1 amide bonds. The number of aliphatic hydroxyl groups is 1. The highest BCUT2D eigenvalue weighted by atomic mass is 35.5. The van der Waals surface area contributed by atoms with Gasteiger partial charge in [0.1, 0.15) is 17.2 Å². The minimum atomic E-state index is -1.25. The van der Waals surface area contributed by atoms with E-state index in [2.05, 4.69) is 4.98 Å². The molecule has 1 aliphatic rings. The smallest absolute Gasteiger partial charge is 0.294 e. The van der Waals surface area contributed by atoms with E-state index in [0.29, 0.717) is 21.6 Å². The first kappa shape index (κ1) is 20.8. The lowest BCUT2D eigenvalue weighted by Gasteiger charge is -2.27. The third-order valence-corrected chi connectivity index (χ3v) is 5.58. The van der Waals surface area contributed by atoms with Crippen LogP contribution in [-0.4, -0.2) is 21.8 Å². The predicted octanol–water partition coefficient (Wildman–Crippen LogP) is 5.54. The van der Waals surface area contributed by atoms with Crippen LogP contribution >= 0.6 is 11.6 Å². The number of benzene rings is 2. The van der Waals surface area contributed by atoms with E-state index in [-0.39, 0.29) is 11.3 Å². The van der Waals surface area contributed by atoms with Gasteiger partial charge >= 0.3 is 0 Å². The van der Waals surface area contributed by atoms with Gasteiger partial charge in [0, 0.05) is 28.9 Å².